The summed E-state index contributed by atoms with van der Waals surface area (Å²) in [5, 5.41) is 53.7. The van der Waals surface area contributed by atoms with Crippen LogP contribution in [0.2, 0.25) is 0 Å². The maximum Gasteiger partial charge on any atom is 0.213 e. The summed E-state index contributed by atoms with van der Waals surface area (Å²) in [5.74, 6) is -2.33. The molecule has 2 atom stereocenters. The van der Waals surface area contributed by atoms with Crippen LogP contribution in [0.1, 0.15) is 45.7 Å². The van der Waals surface area contributed by atoms with Crippen LogP contribution >= 0.6 is 0 Å². The fourth-order valence-electron chi connectivity index (χ4n) is 3.46. The monoisotopic (exact) mass is 363 g/mol. The minimum Gasteiger partial charge on any atom is -0.507 e. The van der Waals surface area contributed by atoms with E-state index in [9.17, 15) is 30.0 Å². The number of nitrogens with one attached hydrogen (secondary N) is 1. The molecule has 0 saturated carbocycles. The Hall–Kier alpha value is -2.42. The zero-order valence-corrected chi connectivity index (χ0v) is 14.5. The number of Topliss-reactive ketones (excluding diaryl/α,β-unsaturated/α-hetero) is 1. The number of phenols is 2. The van der Waals surface area contributed by atoms with Crippen LogP contribution < -0.4 is 5.32 Å². The molecule has 2 aliphatic carbocycles. The molecule has 8 nitrogen and oxygen atoms in total. The van der Waals surface area contributed by atoms with E-state index in [1.165, 1.54) is 13.8 Å². The molecule has 6 N–H and O–H groups in total. The smallest absolute Gasteiger partial charge is 0.213 e. The number of carbonyl (C=O) groups is 2. The Morgan fingerprint density at radius 2 is 1.50 bits per heavy atom. The van der Waals surface area contributed by atoms with E-state index >= 15 is 0 Å². The molecule has 3 rings (SSSR count). The van der Waals surface area contributed by atoms with Gasteiger partial charge in [0.15, 0.2) is 5.78 Å². The van der Waals surface area contributed by atoms with E-state index in [0.29, 0.717) is 0 Å². The fourth-order valence-corrected chi connectivity index (χ4v) is 3.46. The van der Waals surface area contributed by atoms with Gasteiger partial charge in [-0.25, -0.2) is 0 Å². The zero-order chi connectivity index (χ0) is 19.4. The molecule has 0 spiro atoms. The Balaban J connectivity index is 2.21. The molecule has 1 aromatic carbocycles. The van der Waals surface area contributed by atoms with Gasteiger partial charge in [-0.1, -0.05) is 0 Å². The Morgan fingerprint density at radius 1 is 1.00 bits per heavy atom. The van der Waals surface area contributed by atoms with Crippen LogP contribution in [-0.4, -0.2) is 61.5 Å². The first-order valence-electron chi connectivity index (χ1n) is 8.21. The summed E-state index contributed by atoms with van der Waals surface area (Å²) < 4.78 is 0. The molecule has 1 aromatic rings. The summed E-state index contributed by atoms with van der Waals surface area (Å²) in [5.41, 5.74) is -3.69. The van der Waals surface area contributed by atoms with Crippen molar-refractivity contribution in [1.82, 2.24) is 5.32 Å². The van der Waals surface area contributed by atoms with Crippen molar-refractivity contribution in [2.45, 2.75) is 37.9 Å². The largest absolute Gasteiger partial charge is 0.507 e. The molecule has 2 aliphatic rings. The summed E-state index contributed by atoms with van der Waals surface area (Å²) in [6.07, 6.45) is 0.610. The molecular weight excluding hydrogens is 342 g/mol. The number of carbonyl (C=O) groups excluding carboxylic acids is 2. The second kappa shape index (κ2) is 5.80. The number of ketones is 2. The minimum absolute atomic E-state index is 0.0372. The molecule has 0 heterocycles. The number of phenolic OH excluding ortho intramolecular Hbond substituents is 2. The average molecular weight is 363 g/mol. The van der Waals surface area contributed by atoms with Gasteiger partial charge in [-0.15, -0.1) is 0 Å². The number of aliphatic hydroxyl groups is 3. The maximum absolute atomic E-state index is 12.7. The summed E-state index contributed by atoms with van der Waals surface area (Å²) in [6, 6.07) is 0. The predicted octanol–water partition coefficient (Wildman–Crippen LogP) is -0.457. The summed E-state index contributed by atoms with van der Waals surface area (Å²) in [6.45, 7) is 2.57. The van der Waals surface area contributed by atoms with Crippen molar-refractivity contribution in [2.24, 2.45) is 0 Å². The molecule has 8 heteroatoms. The number of allylic oxidation sites excluding steroid dienone is 2. The minimum atomic E-state index is -1.60. The topological polar surface area (TPSA) is 147 Å². The van der Waals surface area contributed by atoms with Crippen LogP contribution in [0.25, 0.3) is 0 Å². The van der Waals surface area contributed by atoms with Crippen molar-refractivity contribution < 1.29 is 35.1 Å². The van der Waals surface area contributed by atoms with Gasteiger partial charge in [-0.2, -0.15) is 0 Å². The molecule has 26 heavy (non-hydrogen) atoms. The summed E-state index contributed by atoms with van der Waals surface area (Å²) in [7, 11) is 0. The molecule has 0 aliphatic heterocycles. The highest BCUT2D eigenvalue weighted by molar-refractivity contribution is 6.26. The summed E-state index contributed by atoms with van der Waals surface area (Å²) >= 11 is 0. The fraction of sp³-hybridized carbons (Fsp3) is 0.444. The number of aromatic hydroxyl groups is 2. The van der Waals surface area contributed by atoms with Crippen molar-refractivity contribution in [3.05, 3.63) is 34.0 Å². The third-order valence-electron chi connectivity index (χ3n) is 5.28. The van der Waals surface area contributed by atoms with Gasteiger partial charge in [0.25, 0.3) is 0 Å². The standard InChI is InChI=1S/C18H21NO7/c1-17(25)6-8-9(7-18(17,2)26)15(23)13-12(14(8)22)11(21)5-10(16(13)24)19-3-4-20/h5,19-20,22-23,25-26H,3-4,6-7H2,1-2H3/t17-,18+/m1/s1. The van der Waals surface area contributed by atoms with E-state index in [-0.39, 0.29) is 53.9 Å². The average Bonchev–Trinajstić information content (AvgIpc) is 2.54. The van der Waals surface area contributed by atoms with Crippen LogP contribution in [0.5, 0.6) is 11.5 Å². The van der Waals surface area contributed by atoms with Crippen molar-refractivity contribution in [3.63, 3.8) is 0 Å². The van der Waals surface area contributed by atoms with Gasteiger partial charge in [0.2, 0.25) is 5.78 Å². The molecule has 0 fully saturated rings. The van der Waals surface area contributed by atoms with E-state index in [0.717, 1.165) is 6.08 Å². The normalized spacial score (nSPS) is 27.7. The third-order valence-corrected chi connectivity index (χ3v) is 5.28. The Kier molecular flexibility index (Phi) is 4.10. The molecule has 0 saturated heterocycles. The van der Waals surface area contributed by atoms with Gasteiger partial charge < -0.3 is 30.8 Å². The molecule has 0 radical (unpaired) electrons. The second-order valence-electron chi connectivity index (χ2n) is 7.21. The Labute approximate surface area is 149 Å². The van der Waals surface area contributed by atoms with Gasteiger partial charge in [0.1, 0.15) is 11.5 Å². The Bertz CT molecular complexity index is 852. The van der Waals surface area contributed by atoms with E-state index in [4.69, 9.17) is 5.11 Å². The highest BCUT2D eigenvalue weighted by atomic mass is 16.4. The van der Waals surface area contributed by atoms with Crippen LogP contribution in [0.15, 0.2) is 11.8 Å². The van der Waals surface area contributed by atoms with Crippen LogP contribution in [0, 0.1) is 0 Å². The maximum atomic E-state index is 12.7. The van der Waals surface area contributed by atoms with Crippen molar-refractivity contribution in [3.8, 4) is 11.5 Å². The zero-order valence-electron chi connectivity index (χ0n) is 14.5. The van der Waals surface area contributed by atoms with Gasteiger partial charge in [0, 0.05) is 36.6 Å². The van der Waals surface area contributed by atoms with Crippen LogP contribution in [0.4, 0.5) is 0 Å². The van der Waals surface area contributed by atoms with Gasteiger partial charge in [0.05, 0.1) is 34.6 Å². The van der Waals surface area contributed by atoms with Crippen LogP contribution in [-0.2, 0) is 12.8 Å². The first-order valence-corrected chi connectivity index (χ1v) is 8.21. The Morgan fingerprint density at radius 3 is 2.00 bits per heavy atom. The van der Waals surface area contributed by atoms with E-state index in [1.54, 1.807) is 0 Å². The van der Waals surface area contributed by atoms with Gasteiger partial charge >= 0.3 is 0 Å². The lowest BCUT2D eigenvalue weighted by molar-refractivity contribution is -0.135. The number of aliphatic hydroxyl groups excluding tert-OH is 1. The molecule has 140 valence electrons. The highest BCUT2D eigenvalue weighted by Crippen LogP contribution is 2.48. The number of hydrogen-bond acceptors (Lipinski definition) is 8. The van der Waals surface area contributed by atoms with Gasteiger partial charge in [-0.05, 0) is 13.8 Å². The van der Waals surface area contributed by atoms with E-state index in [2.05, 4.69) is 5.32 Å². The summed E-state index contributed by atoms with van der Waals surface area (Å²) in [4.78, 5) is 25.1. The SMILES string of the molecule is C[C@]1(O)Cc2c(O)c3c(c(O)c2C[C@@]1(C)O)C(=O)C=C(NCCO)C3=O. The highest BCUT2D eigenvalue weighted by Gasteiger charge is 2.49. The van der Waals surface area contributed by atoms with E-state index in [1.807, 2.05) is 0 Å². The molecular formula is C18H21NO7. The van der Waals surface area contributed by atoms with Crippen LogP contribution in [0.3, 0.4) is 0 Å². The molecule has 0 bridgehead atoms. The first-order chi connectivity index (χ1) is 12.0. The van der Waals surface area contributed by atoms with Crippen molar-refractivity contribution in [2.75, 3.05) is 13.2 Å². The predicted molar refractivity (Wildman–Crippen MR) is 90.3 cm³/mol. The first kappa shape index (κ1) is 18.4. The number of rotatable bonds is 3. The molecule has 0 amide bonds. The lowest BCUT2D eigenvalue weighted by Crippen LogP contribution is -2.55. The quantitative estimate of drug-likeness (QED) is 0.396. The van der Waals surface area contributed by atoms with Crippen molar-refractivity contribution >= 4 is 11.6 Å². The molecule has 0 aromatic heterocycles. The van der Waals surface area contributed by atoms with Gasteiger partial charge in [-0.3, -0.25) is 9.59 Å². The molecule has 0 unspecified atom stereocenters. The third kappa shape index (κ3) is 2.49. The van der Waals surface area contributed by atoms with E-state index < -0.39 is 34.3 Å². The number of hydrogen-bond donors (Lipinski definition) is 6. The second-order valence-corrected chi connectivity index (χ2v) is 7.21. The lowest BCUT2D eigenvalue weighted by atomic mass is 9.69. The van der Waals surface area contributed by atoms with Crippen molar-refractivity contribution in [1.29, 1.82) is 0 Å². The number of fused-ring (bicyclic) bond motifs is 2. The lowest BCUT2D eigenvalue weighted by Gasteiger charge is -2.44. The number of benzene rings is 1.